The van der Waals surface area contributed by atoms with Crippen LogP contribution in [0.3, 0.4) is 0 Å². The molecule has 1 fully saturated rings. The zero-order chi connectivity index (χ0) is 14.0. The van der Waals surface area contributed by atoms with Gasteiger partial charge in [0, 0.05) is 18.6 Å². The van der Waals surface area contributed by atoms with E-state index in [9.17, 15) is 4.79 Å². The Kier molecular flexibility index (Phi) is 4.24. The highest BCUT2D eigenvalue weighted by molar-refractivity contribution is 5.87. The van der Waals surface area contributed by atoms with E-state index in [1.54, 1.807) is 7.05 Å². The average Bonchev–Trinajstić information content (AvgIpc) is 2.78. The summed E-state index contributed by atoms with van der Waals surface area (Å²) in [4.78, 5) is 15.8. The maximum absolute atomic E-state index is 11.7. The van der Waals surface area contributed by atoms with E-state index in [1.807, 2.05) is 20.8 Å². The van der Waals surface area contributed by atoms with Crippen molar-refractivity contribution < 1.29 is 4.79 Å². The molecule has 1 amide bonds. The minimum Gasteiger partial charge on any atom is -0.353 e. The molecule has 1 saturated carbocycles. The quantitative estimate of drug-likeness (QED) is 0.517. The number of aliphatic imine (C=N–C) groups is 1. The Morgan fingerprint density at radius 2 is 1.94 bits per heavy atom. The van der Waals surface area contributed by atoms with Crippen LogP contribution in [-0.2, 0) is 4.79 Å². The van der Waals surface area contributed by atoms with Crippen molar-refractivity contribution in [3.63, 3.8) is 0 Å². The Labute approximate surface area is 110 Å². The van der Waals surface area contributed by atoms with Gasteiger partial charge in [0.25, 0.3) is 0 Å². The molecule has 0 heterocycles. The number of guanidine groups is 1. The van der Waals surface area contributed by atoms with Gasteiger partial charge >= 0.3 is 0 Å². The monoisotopic (exact) mass is 254 g/mol. The van der Waals surface area contributed by atoms with Crippen molar-refractivity contribution in [2.75, 3.05) is 13.6 Å². The Hall–Kier alpha value is -1.26. The van der Waals surface area contributed by atoms with Gasteiger partial charge in [-0.1, -0.05) is 13.8 Å². The minimum absolute atomic E-state index is 0.0273. The van der Waals surface area contributed by atoms with E-state index >= 15 is 0 Å². The van der Waals surface area contributed by atoms with Crippen LogP contribution in [0.4, 0.5) is 0 Å². The second kappa shape index (κ2) is 5.16. The zero-order valence-corrected chi connectivity index (χ0v) is 12.3. The standard InChI is InChI=1S/C13H26N4O/c1-12(2,3)17-10(18)8-15-11(14-6)16-9-7-13(9,4)5/h9H,7-8H2,1-6H3,(H,17,18)(H2,14,15,16). The van der Waals surface area contributed by atoms with Gasteiger partial charge in [0.05, 0.1) is 6.54 Å². The first-order valence-corrected chi connectivity index (χ1v) is 6.42. The molecule has 0 spiro atoms. The molecule has 3 N–H and O–H groups in total. The van der Waals surface area contributed by atoms with Crippen LogP contribution in [0.15, 0.2) is 4.99 Å². The predicted molar refractivity (Wildman–Crippen MR) is 74.6 cm³/mol. The lowest BCUT2D eigenvalue weighted by molar-refractivity contribution is -0.121. The van der Waals surface area contributed by atoms with Gasteiger partial charge in [-0.05, 0) is 32.6 Å². The van der Waals surface area contributed by atoms with E-state index in [0.29, 0.717) is 17.4 Å². The first-order chi connectivity index (χ1) is 8.14. The molecule has 1 aliphatic carbocycles. The van der Waals surface area contributed by atoms with Crippen LogP contribution in [0, 0.1) is 5.41 Å². The lowest BCUT2D eigenvalue weighted by atomic mass is 10.1. The van der Waals surface area contributed by atoms with Gasteiger partial charge < -0.3 is 16.0 Å². The normalized spacial score (nSPS) is 22.3. The van der Waals surface area contributed by atoms with E-state index in [-0.39, 0.29) is 18.0 Å². The molecule has 1 rings (SSSR count). The molecule has 1 unspecified atom stereocenters. The van der Waals surface area contributed by atoms with E-state index in [0.717, 1.165) is 6.42 Å². The average molecular weight is 254 g/mol. The van der Waals surface area contributed by atoms with Crippen molar-refractivity contribution in [3.05, 3.63) is 0 Å². The van der Waals surface area contributed by atoms with Gasteiger partial charge in [-0.2, -0.15) is 0 Å². The first kappa shape index (κ1) is 14.8. The highest BCUT2D eigenvalue weighted by Gasteiger charge is 2.46. The van der Waals surface area contributed by atoms with Crippen molar-refractivity contribution >= 4 is 11.9 Å². The largest absolute Gasteiger partial charge is 0.353 e. The number of carbonyl (C=O) groups excluding carboxylic acids is 1. The summed E-state index contributed by atoms with van der Waals surface area (Å²) in [5.74, 6) is 0.662. The summed E-state index contributed by atoms with van der Waals surface area (Å²) < 4.78 is 0. The maximum Gasteiger partial charge on any atom is 0.239 e. The molecule has 104 valence electrons. The van der Waals surface area contributed by atoms with Crippen LogP contribution >= 0.6 is 0 Å². The van der Waals surface area contributed by atoms with Gasteiger partial charge in [0.1, 0.15) is 0 Å². The molecule has 0 radical (unpaired) electrons. The van der Waals surface area contributed by atoms with Crippen molar-refractivity contribution in [1.82, 2.24) is 16.0 Å². The fourth-order valence-corrected chi connectivity index (χ4v) is 1.70. The maximum atomic E-state index is 11.7. The molecular weight excluding hydrogens is 228 g/mol. The third kappa shape index (κ3) is 4.94. The predicted octanol–water partition coefficient (Wildman–Crippen LogP) is 0.865. The van der Waals surface area contributed by atoms with Crippen LogP contribution < -0.4 is 16.0 Å². The number of carbonyl (C=O) groups is 1. The topological polar surface area (TPSA) is 65.5 Å². The van der Waals surface area contributed by atoms with E-state index in [4.69, 9.17) is 0 Å². The SMILES string of the molecule is CN=C(NCC(=O)NC(C)(C)C)NC1CC1(C)C. The van der Waals surface area contributed by atoms with Crippen LogP contribution in [-0.4, -0.2) is 37.0 Å². The highest BCUT2D eigenvalue weighted by Crippen LogP contribution is 2.44. The molecule has 0 saturated heterocycles. The summed E-state index contributed by atoms with van der Waals surface area (Å²) >= 11 is 0. The molecule has 18 heavy (non-hydrogen) atoms. The van der Waals surface area contributed by atoms with Crippen molar-refractivity contribution in [1.29, 1.82) is 0 Å². The third-order valence-corrected chi connectivity index (χ3v) is 2.98. The van der Waals surface area contributed by atoms with Crippen molar-refractivity contribution in [3.8, 4) is 0 Å². The smallest absolute Gasteiger partial charge is 0.239 e. The van der Waals surface area contributed by atoms with Crippen LogP contribution in [0.1, 0.15) is 41.0 Å². The summed E-state index contributed by atoms with van der Waals surface area (Å²) in [5.41, 5.74) is 0.138. The number of hydrogen-bond donors (Lipinski definition) is 3. The molecule has 0 aromatic rings. The Morgan fingerprint density at radius 3 is 2.33 bits per heavy atom. The second-order valence-corrected chi connectivity index (χ2v) is 6.61. The van der Waals surface area contributed by atoms with Crippen LogP contribution in [0.25, 0.3) is 0 Å². The number of rotatable bonds is 3. The number of nitrogens with one attached hydrogen (secondary N) is 3. The molecule has 5 heteroatoms. The molecule has 1 aliphatic rings. The zero-order valence-electron chi connectivity index (χ0n) is 12.3. The van der Waals surface area contributed by atoms with Crippen LogP contribution in [0.2, 0.25) is 0 Å². The number of nitrogens with zero attached hydrogens (tertiary/aromatic N) is 1. The minimum atomic E-state index is -0.200. The fraction of sp³-hybridized carbons (Fsp3) is 0.846. The third-order valence-electron chi connectivity index (χ3n) is 2.98. The summed E-state index contributed by atoms with van der Waals surface area (Å²) in [6.07, 6.45) is 1.14. The van der Waals surface area contributed by atoms with Crippen molar-refractivity contribution in [2.45, 2.75) is 52.6 Å². The molecule has 0 bridgehead atoms. The molecule has 0 aromatic carbocycles. The lowest BCUT2D eigenvalue weighted by Gasteiger charge is -2.21. The van der Waals surface area contributed by atoms with E-state index in [1.165, 1.54) is 0 Å². The fourth-order valence-electron chi connectivity index (χ4n) is 1.70. The summed E-state index contributed by atoms with van der Waals surface area (Å²) in [5, 5.41) is 9.24. The highest BCUT2D eigenvalue weighted by atomic mass is 16.2. The Balaban J connectivity index is 2.31. The Bertz CT molecular complexity index is 341. The summed E-state index contributed by atoms with van der Waals surface area (Å²) in [6.45, 7) is 10.6. The Morgan fingerprint density at radius 1 is 1.39 bits per heavy atom. The molecule has 5 nitrogen and oxygen atoms in total. The van der Waals surface area contributed by atoms with Gasteiger partial charge in [0.2, 0.25) is 5.91 Å². The molecule has 0 aliphatic heterocycles. The molecular formula is C13H26N4O. The van der Waals surface area contributed by atoms with E-state index < -0.39 is 0 Å². The second-order valence-electron chi connectivity index (χ2n) is 6.61. The summed E-state index contributed by atoms with van der Waals surface area (Å²) in [7, 11) is 1.71. The van der Waals surface area contributed by atoms with Gasteiger partial charge in [-0.15, -0.1) is 0 Å². The van der Waals surface area contributed by atoms with Gasteiger partial charge in [-0.25, -0.2) is 0 Å². The van der Waals surface area contributed by atoms with Crippen LogP contribution in [0.5, 0.6) is 0 Å². The first-order valence-electron chi connectivity index (χ1n) is 6.42. The van der Waals surface area contributed by atoms with Gasteiger partial charge in [-0.3, -0.25) is 9.79 Å². The van der Waals surface area contributed by atoms with E-state index in [2.05, 4.69) is 34.8 Å². The van der Waals surface area contributed by atoms with Gasteiger partial charge in [0.15, 0.2) is 5.96 Å². The lowest BCUT2D eigenvalue weighted by Crippen LogP contribution is -2.48. The molecule has 0 aromatic heterocycles. The molecule has 1 atom stereocenters. The summed E-state index contributed by atoms with van der Waals surface area (Å²) in [6, 6.07) is 0.453. The number of hydrogen-bond acceptors (Lipinski definition) is 2. The number of amides is 1. The van der Waals surface area contributed by atoms with Crippen molar-refractivity contribution in [2.24, 2.45) is 10.4 Å².